The summed E-state index contributed by atoms with van der Waals surface area (Å²) >= 11 is 0. The van der Waals surface area contributed by atoms with Crippen molar-refractivity contribution in [2.75, 3.05) is 5.32 Å². The van der Waals surface area contributed by atoms with E-state index in [1.54, 1.807) is 42.6 Å². The molecule has 0 atom stereocenters. The third kappa shape index (κ3) is 2.59. The molecule has 8 nitrogen and oxygen atoms in total. The number of rotatable bonds is 3. The smallest absolute Gasteiger partial charge is 0.323 e. The van der Waals surface area contributed by atoms with Gasteiger partial charge in [0.05, 0.1) is 28.3 Å². The van der Waals surface area contributed by atoms with Crippen molar-refractivity contribution in [3.8, 4) is 0 Å². The summed E-state index contributed by atoms with van der Waals surface area (Å²) in [6, 6.07) is 12.0. The molecule has 2 aromatic heterocycles. The molecular weight excluding hydrogens is 322 g/mol. The zero-order chi connectivity index (χ0) is 17.4. The topological polar surface area (TPSA) is 113 Å². The van der Waals surface area contributed by atoms with Crippen LogP contribution < -0.4 is 16.6 Å². The summed E-state index contributed by atoms with van der Waals surface area (Å²) in [5.41, 5.74) is 0.519. The third-order valence-corrected chi connectivity index (χ3v) is 3.94. The summed E-state index contributed by atoms with van der Waals surface area (Å²) < 4.78 is 0.880. The third-order valence-electron chi connectivity index (χ3n) is 3.94. The first kappa shape index (κ1) is 14.9. The van der Waals surface area contributed by atoms with Crippen molar-refractivity contribution >= 4 is 33.4 Å². The van der Waals surface area contributed by atoms with Crippen molar-refractivity contribution in [1.29, 1.82) is 0 Å². The summed E-state index contributed by atoms with van der Waals surface area (Å²) in [6.07, 6.45) is 1.64. The minimum Gasteiger partial charge on any atom is -0.323 e. The number of aromatic amines is 2. The van der Waals surface area contributed by atoms with Crippen molar-refractivity contribution < 1.29 is 4.79 Å². The van der Waals surface area contributed by atoms with Gasteiger partial charge in [-0.2, -0.15) is 5.10 Å². The number of anilines is 1. The van der Waals surface area contributed by atoms with Gasteiger partial charge in [-0.1, -0.05) is 24.3 Å². The van der Waals surface area contributed by atoms with Crippen LogP contribution in [0.2, 0.25) is 0 Å². The first-order chi connectivity index (χ1) is 12.1. The van der Waals surface area contributed by atoms with Crippen LogP contribution in [0.5, 0.6) is 0 Å². The molecule has 4 rings (SSSR count). The predicted octanol–water partition coefficient (Wildman–Crippen LogP) is 1.20. The number of amides is 1. The molecule has 0 unspecified atom stereocenters. The fourth-order valence-corrected chi connectivity index (χ4v) is 2.75. The molecule has 3 N–H and O–H groups in total. The second-order valence-corrected chi connectivity index (χ2v) is 5.56. The molecule has 0 spiro atoms. The monoisotopic (exact) mass is 335 g/mol. The van der Waals surface area contributed by atoms with Crippen LogP contribution >= 0.6 is 0 Å². The predicted molar refractivity (Wildman–Crippen MR) is 93.6 cm³/mol. The zero-order valence-electron chi connectivity index (χ0n) is 12.9. The highest BCUT2D eigenvalue weighted by molar-refractivity contribution is 6.00. The van der Waals surface area contributed by atoms with Crippen LogP contribution in [0.1, 0.15) is 0 Å². The molecule has 0 bridgehead atoms. The van der Waals surface area contributed by atoms with E-state index in [0.29, 0.717) is 22.1 Å². The molecule has 0 aliphatic heterocycles. The van der Waals surface area contributed by atoms with E-state index in [4.69, 9.17) is 0 Å². The number of fused-ring (bicyclic) bond motifs is 2. The lowest BCUT2D eigenvalue weighted by Crippen LogP contribution is -2.38. The number of benzene rings is 2. The van der Waals surface area contributed by atoms with Gasteiger partial charge in [-0.15, -0.1) is 0 Å². The van der Waals surface area contributed by atoms with Crippen LogP contribution in [0.4, 0.5) is 5.69 Å². The van der Waals surface area contributed by atoms with Gasteiger partial charge in [-0.05, 0) is 18.2 Å². The first-order valence-electron chi connectivity index (χ1n) is 7.57. The number of aromatic nitrogens is 4. The van der Waals surface area contributed by atoms with Gasteiger partial charge in [-0.25, -0.2) is 4.79 Å². The van der Waals surface area contributed by atoms with Gasteiger partial charge >= 0.3 is 5.69 Å². The summed E-state index contributed by atoms with van der Waals surface area (Å²) in [6.45, 7) is -0.385. The molecule has 124 valence electrons. The molecule has 0 saturated heterocycles. The fourth-order valence-electron chi connectivity index (χ4n) is 2.75. The lowest BCUT2D eigenvalue weighted by Gasteiger charge is -2.08. The Kier molecular flexibility index (Phi) is 3.42. The van der Waals surface area contributed by atoms with Gasteiger partial charge in [-0.3, -0.25) is 19.3 Å². The van der Waals surface area contributed by atoms with Crippen molar-refractivity contribution in [3.05, 3.63) is 69.5 Å². The standard InChI is InChI=1S/C17H13N5O3/c23-14(19-13-7-3-4-10-8-18-21-15(10)13)9-22-16(24)11-5-1-2-6-12(11)20-17(22)25/h1-8H,9H2,(H,18,21)(H,19,23)(H,20,25). The van der Waals surface area contributed by atoms with Crippen molar-refractivity contribution in [1.82, 2.24) is 19.7 Å². The molecule has 0 fully saturated rings. The van der Waals surface area contributed by atoms with E-state index in [1.807, 2.05) is 6.07 Å². The highest BCUT2D eigenvalue weighted by atomic mass is 16.2. The number of hydrogen-bond donors (Lipinski definition) is 3. The normalized spacial score (nSPS) is 11.0. The van der Waals surface area contributed by atoms with Crippen molar-refractivity contribution in [2.24, 2.45) is 0 Å². The molecule has 0 radical (unpaired) electrons. The highest BCUT2D eigenvalue weighted by Gasteiger charge is 2.12. The molecule has 25 heavy (non-hydrogen) atoms. The van der Waals surface area contributed by atoms with Gasteiger partial charge in [0.1, 0.15) is 6.54 Å². The molecule has 0 saturated carbocycles. The summed E-state index contributed by atoms with van der Waals surface area (Å²) in [5.74, 6) is -0.481. The summed E-state index contributed by atoms with van der Waals surface area (Å²) in [5, 5.41) is 10.6. The van der Waals surface area contributed by atoms with Crippen molar-refractivity contribution in [3.63, 3.8) is 0 Å². The van der Waals surface area contributed by atoms with Gasteiger partial charge in [0.15, 0.2) is 0 Å². The molecule has 0 aliphatic carbocycles. The van der Waals surface area contributed by atoms with Crippen LogP contribution in [0.3, 0.4) is 0 Å². The average Bonchev–Trinajstić information content (AvgIpc) is 3.08. The van der Waals surface area contributed by atoms with E-state index in [0.717, 1.165) is 9.95 Å². The largest absolute Gasteiger partial charge is 0.329 e. The van der Waals surface area contributed by atoms with Crippen LogP contribution in [-0.2, 0) is 11.3 Å². The van der Waals surface area contributed by atoms with E-state index < -0.39 is 17.2 Å². The van der Waals surface area contributed by atoms with Gasteiger partial charge in [0.25, 0.3) is 5.56 Å². The lowest BCUT2D eigenvalue weighted by molar-refractivity contribution is -0.116. The maximum atomic E-state index is 12.5. The Morgan fingerprint density at radius 1 is 1.12 bits per heavy atom. The van der Waals surface area contributed by atoms with E-state index >= 15 is 0 Å². The number of carbonyl (C=O) groups is 1. The number of nitrogens with zero attached hydrogens (tertiary/aromatic N) is 2. The number of H-pyrrole nitrogens is 2. The van der Waals surface area contributed by atoms with E-state index in [2.05, 4.69) is 20.5 Å². The quantitative estimate of drug-likeness (QED) is 0.522. The van der Waals surface area contributed by atoms with E-state index in [1.165, 1.54) is 0 Å². The molecule has 0 aliphatic rings. The van der Waals surface area contributed by atoms with Gasteiger partial charge in [0, 0.05) is 5.39 Å². The van der Waals surface area contributed by atoms with Gasteiger partial charge in [0.2, 0.25) is 5.91 Å². The SMILES string of the molecule is O=C(Cn1c(=O)[nH]c2ccccc2c1=O)Nc1cccc2cn[nH]c12. The Bertz CT molecular complexity index is 1220. The summed E-state index contributed by atoms with van der Waals surface area (Å²) in [4.78, 5) is 39.5. The maximum Gasteiger partial charge on any atom is 0.329 e. The molecule has 4 aromatic rings. The Hall–Kier alpha value is -3.68. The Morgan fingerprint density at radius 2 is 1.96 bits per heavy atom. The lowest BCUT2D eigenvalue weighted by atomic mass is 10.2. The van der Waals surface area contributed by atoms with E-state index in [-0.39, 0.29) is 6.54 Å². The summed E-state index contributed by atoms with van der Waals surface area (Å²) in [7, 11) is 0. The average molecular weight is 335 g/mol. The Morgan fingerprint density at radius 3 is 2.84 bits per heavy atom. The Labute approximate surface area is 140 Å². The number of nitrogens with one attached hydrogen (secondary N) is 3. The minimum absolute atomic E-state index is 0.352. The van der Waals surface area contributed by atoms with Crippen LogP contribution in [0, 0.1) is 0 Å². The van der Waals surface area contributed by atoms with Crippen LogP contribution in [-0.4, -0.2) is 25.7 Å². The zero-order valence-corrected chi connectivity index (χ0v) is 12.9. The first-order valence-corrected chi connectivity index (χ1v) is 7.57. The van der Waals surface area contributed by atoms with E-state index in [9.17, 15) is 14.4 Å². The van der Waals surface area contributed by atoms with Crippen LogP contribution in [0.15, 0.2) is 58.3 Å². The second kappa shape index (κ2) is 5.75. The minimum atomic E-state index is -0.626. The van der Waals surface area contributed by atoms with Crippen LogP contribution in [0.25, 0.3) is 21.8 Å². The number of carbonyl (C=O) groups excluding carboxylic acids is 1. The number of para-hydroxylation sites is 2. The molecule has 2 heterocycles. The maximum absolute atomic E-state index is 12.5. The van der Waals surface area contributed by atoms with Crippen molar-refractivity contribution in [2.45, 2.75) is 6.54 Å². The second-order valence-electron chi connectivity index (χ2n) is 5.56. The molecule has 8 heteroatoms. The molecular formula is C17H13N5O3. The number of hydrogen-bond acceptors (Lipinski definition) is 4. The van der Waals surface area contributed by atoms with Gasteiger partial charge < -0.3 is 10.3 Å². The molecule has 2 aromatic carbocycles. The molecule has 1 amide bonds. The fraction of sp³-hybridized carbons (Fsp3) is 0.0588. The highest BCUT2D eigenvalue weighted by Crippen LogP contribution is 2.20. The Balaban J connectivity index is 1.67.